The number of phenols is 1. The fourth-order valence-electron chi connectivity index (χ4n) is 2.36. The first-order valence-electron chi connectivity index (χ1n) is 8.46. The molecule has 0 unspecified atom stereocenters. The SMILES string of the molecule is COc1cc(/C=N\Nc2nc(SCC(=O)c3ccccc3)n[nH]2)c([N+](=O)[O-])cc1O. The monoisotopic (exact) mass is 428 g/mol. The number of ether oxygens (including phenoxy) is 1. The largest absolute Gasteiger partial charge is 0.504 e. The molecule has 0 saturated carbocycles. The number of aromatic hydroxyl groups is 1. The van der Waals surface area contributed by atoms with E-state index in [1.165, 1.54) is 19.4 Å². The van der Waals surface area contributed by atoms with Crippen LogP contribution in [0.4, 0.5) is 11.6 Å². The highest BCUT2D eigenvalue weighted by atomic mass is 32.2. The number of methoxy groups -OCH3 is 1. The highest BCUT2D eigenvalue weighted by molar-refractivity contribution is 7.99. The number of nitrogens with zero attached hydrogens (tertiary/aromatic N) is 4. The minimum Gasteiger partial charge on any atom is -0.504 e. The number of hydrazone groups is 1. The Morgan fingerprint density at radius 1 is 1.40 bits per heavy atom. The molecule has 11 nitrogen and oxygen atoms in total. The summed E-state index contributed by atoms with van der Waals surface area (Å²) < 4.78 is 4.95. The van der Waals surface area contributed by atoms with Gasteiger partial charge in [0.2, 0.25) is 11.1 Å². The van der Waals surface area contributed by atoms with Crippen molar-refractivity contribution in [1.82, 2.24) is 15.2 Å². The van der Waals surface area contributed by atoms with Gasteiger partial charge in [-0.05, 0) is 6.07 Å². The summed E-state index contributed by atoms with van der Waals surface area (Å²) in [6.45, 7) is 0. The maximum absolute atomic E-state index is 12.1. The molecular formula is C18H16N6O5S. The van der Waals surface area contributed by atoms with E-state index in [9.17, 15) is 20.0 Å². The maximum Gasteiger partial charge on any atom is 0.282 e. The molecule has 2 aromatic carbocycles. The van der Waals surface area contributed by atoms with Crippen molar-refractivity contribution in [3.63, 3.8) is 0 Å². The molecule has 0 saturated heterocycles. The van der Waals surface area contributed by atoms with Crippen molar-refractivity contribution in [3.05, 3.63) is 63.7 Å². The van der Waals surface area contributed by atoms with Crippen LogP contribution in [0, 0.1) is 10.1 Å². The molecule has 0 atom stereocenters. The molecule has 30 heavy (non-hydrogen) atoms. The molecule has 154 valence electrons. The van der Waals surface area contributed by atoms with Gasteiger partial charge in [-0.2, -0.15) is 10.1 Å². The van der Waals surface area contributed by atoms with E-state index in [4.69, 9.17) is 4.74 Å². The number of phenolic OH excluding ortho intramolecular Hbond substituents is 1. The first kappa shape index (κ1) is 20.8. The van der Waals surface area contributed by atoms with Crippen LogP contribution in [-0.4, -0.2) is 50.1 Å². The zero-order valence-electron chi connectivity index (χ0n) is 15.6. The number of H-pyrrole nitrogens is 1. The van der Waals surface area contributed by atoms with Crippen molar-refractivity contribution in [1.29, 1.82) is 0 Å². The number of carbonyl (C=O) groups is 1. The lowest BCUT2D eigenvalue weighted by Crippen LogP contribution is -2.02. The maximum atomic E-state index is 12.1. The van der Waals surface area contributed by atoms with Gasteiger partial charge in [-0.15, -0.1) is 5.10 Å². The Hall–Kier alpha value is -3.93. The number of aromatic amines is 1. The van der Waals surface area contributed by atoms with E-state index in [-0.39, 0.29) is 40.2 Å². The lowest BCUT2D eigenvalue weighted by atomic mass is 10.1. The summed E-state index contributed by atoms with van der Waals surface area (Å²) in [5, 5.41) is 31.7. The van der Waals surface area contributed by atoms with Crippen molar-refractivity contribution in [3.8, 4) is 11.5 Å². The summed E-state index contributed by atoms with van der Waals surface area (Å²) in [6.07, 6.45) is 1.19. The van der Waals surface area contributed by atoms with Crippen LogP contribution < -0.4 is 10.2 Å². The molecular weight excluding hydrogens is 412 g/mol. The normalized spacial score (nSPS) is 10.8. The third-order valence-corrected chi connectivity index (χ3v) is 4.64. The highest BCUT2D eigenvalue weighted by Gasteiger charge is 2.17. The number of carbonyl (C=O) groups excluding carboxylic acids is 1. The Morgan fingerprint density at radius 2 is 2.17 bits per heavy atom. The van der Waals surface area contributed by atoms with E-state index in [0.29, 0.717) is 10.7 Å². The van der Waals surface area contributed by atoms with Gasteiger partial charge < -0.3 is 9.84 Å². The first-order chi connectivity index (χ1) is 14.5. The number of rotatable bonds is 9. The average Bonchev–Trinajstić information content (AvgIpc) is 3.21. The minimum absolute atomic E-state index is 0.0495. The Balaban J connectivity index is 1.62. The van der Waals surface area contributed by atoms with Gasteiger partial charge in [-0.1, -0.05) is 42.1 Å². The number of nitrogens with one attached hydrogen (secondary N) is 2. The van der Waals surface area contributed by atoms with Crippen LogP contribution in [0.3, 0.4) is 0 Å². The molecule has 1 heterocycles. The first-order valence-corrected chi connectivity index (χ1v) is 9.44. The Kier molecular flexibility index (Phi) is 6.60. The van der Waals surface area contributed by atoms with Gasteiger partial charge in [-0.25, -0.2) is 10.5 Å². The predicted molar refractivity (Wildman–Crippen MR) is 110 cm³/mol. The fourth-order valence-corrected chi connectivity index (χ4v) is 3.05. The third kappa shape index (κ3) is 5.11. The smallest absolute Gasteiger partial charge is 0.282 e. The number of aromatic nitrogens is 3. The van der Waals surface area contributed by atoms with E-state index in [0.717, 1.165) is 17.8 Å². The molecule has 0 spiro atoms. The van der Waals surface area contributed by atoms with Crippen molar-refractivity contribution in [2.45, 2.75) is 5.16 Å². The molecule has 0 aliphatic rings. The molecule has 3 rings (SSSR count). The number of benzene rings is 2. The number of Topliss-reactive ketones (excluding diaryl/α,β-unsaturated/α-hetero) is 1. The van der Waals surface area contributed by atoms with Crippen LogP contribution in [0.1, 0.15) is 15.9 Å². The Labute approximate surface area is 174 Å². The summed E-state index contributed by atoms with van der Waals surface area (Å²) in [4.78, 5) is 26.7. The zero-order valence-corrected chi connectivity index (χ0v) is 16.4. The molecule has 12 heteroatoms. The molecule has 3 aromatic rings. The molecule has 0 aliphatic carbocycles. The Morgan fingerprint density at radius 3 is 2.87 bits per heavy atom. The second-order valence-corrected chi connectivity index (χ2v) is 6.70. The predicted octanol–water partition coefficient (Wildman–Crippen LogP) is 2.85. The number of ketones is 1. The van der Waals surface area contributed by atoms with Crippen LogP contribution in [0.15, 0.2) is 52.7 Å². The summed E-state index contributed by atoms with van der Waals surface area (Å²) in [6, 6.07) is 11.2. The van der Waals surface area contributed by atoms with Crippen molar-refractivity contribution in [2.75, 3.05) is 18.3 Å². The van der Waals surface area contributed by atoms with Gasteiger partial charge in [0, 0.05) is 5.56 Å². The number of anilines is 1. The lowest BCUT2D eigenvalue weighted by Gasteiger charge is -2.04. The average molecular weight is 428 g/mol. The number of nitro groups is 1. The zero-order chi connectivity index (χ0) is 21.5. The van der Waals surface area contributed by atoms with E-state index in [1.54, 1.807) is 24.3 Å². The van der Waals surface area contributed by atoms with Gasteiger partial charge in [0.15, 0.2) is 17.3 Å². The molecule has 1 aromatic heterocycles. The van der Waals surface area contributed by atoms with Crippen molar-refractivity contribution >= 4 is 35.4 Å². The second-order valence-electron chi connectivity index (χ2n) is 5.75. The third-order valence-electron chi connectivity index (χ3n) is 3.79. The summed E-state index contributed by atoms with van der Waals surface area (Å²) in [5.41, 5.74) is 2.95. The highest BCUT2D eigenvalue weighted by Crippen LogP contribution is 2.32. The molecule has 0 radical (unpaired) electrons. The summed E-state index contributed by atoms with van der Waals surface area (Å²) >= 11 is 1.16. The molecule has 3 N–H and O–H groups in total. The van der Waals surface area contributed by atoms with Crippen LogP contribution in [0.5, 0.6) is 11.5 Å². The molecule has 0 bridgehead atoms. The van der Waals surface area contributed by atoms with Gasteiger partial charge in [0.25, 0.3) is 5.69 Å². The number of hydrogen-bond donors (Lipinski definition) is 3. The number of nitro benzene ring substituents is 1. The molecule has 0 amide bonds. The van der Waals surface area contributed by atoms with Crippen LogP contribution in [0.2, 0.25) is 0 Å². The minimum atomic E-state index is -0.645. The summed E-state index contributed by atoms with van der Waals surface area (Å²) in [7, 11) is 1.33. The molecule has 0 aliphatic heterocycles. The van der Waals surface area contributed by atoms with Gasteiger partial charge in [-0.3, -0.25) is 14.9 Å². The van der Waals surface area contributed by atoms with Gasteiger partial charge >= 0.3 is 0 Å². The van der Waals surface area contributed by atoms with Crippen molar-refractivity contribution in [2.24, 2.45) is 5.10 Å². The van der Waals surface area contributed by atoms with Crippen molar-refractivity contribution < 1.29 is 19.6 Å². The number of thioether (sulfide) groups is 1. The lowest BCUT2D eigenvalue weighted by molar-refractivity contribution is -0.385. The molecule has 0 fully saturated rings. The van der Waals surface area contributed by atoms with Gasteiger partial charge in [0.1, 0.15) is 0 Å². The quantitative estimate of drug-likeness (QED) is 0.153. The van der Waals surface area contributed by atoms with E-state index >= 15 is 0 Å². The van der Waals surface area contributed by atoms with E-state index in [2.05, 4.69) is 25.7 Å². The van der Waals surface area contributed by atoms with Crippen LogP contribution >= 0.6 is 11.8 Å². The Bertz CT molecular complexity index is 1090. The second kappa shape index (κ2) is 9.52. The topological polar surface area (TPSA) is 156 Å². The van der Waals surface area contributed by atoms with E-state index < -0.39 is 4.92 Å². The van der Waals surface area contributed by atoms with E-state index in [1.807, 2.05) is 6.07 Å². The van der Waals surface area contributed by atoms with Gasteiger partial charge in [0.05, 0.1) is 35.6 Å². The number of hydrogen-bond acceptors (Lipinski definition) is 10. The standard InChI is InChI=1S/C18H16N6O5S/c1-29-16-7-12(13(24(27)28)8-14(16)25)9-19-21-17-20-18(23-22-17)30-10-15(26)11-5-3-2-4-6-11/h2-9,25H,10H2,1H3,(H2,20,21,22,23)/b19-9-. The van der Waals surface area contributed by atoms with Crippen LogP contribution in [-0.2, 0) is 0 Å². The summed E-state index contributed by atoms with van der Waals surface area (Å²) in [5.74, 6) is 0.0323. The van der Waals surface area contributed by atoms with Crippen LogP contribution in [0.25, 0.3) is 0 Å². The fraction of sp³-hybridized carbons (Fsp3) is 0.111.